The first-order valence-electron chi connectivity index (χ1n) is 5.31. The van der Waals surface area contributed by atoms with Crippen molar-refractivity contribution in [1.82, 2.24) is 0 Å². The summed E-state index contributed by atoms with van der Waals surface area (Å²) in [6.45, 7) is 3.39. The van der Waals surface area contributed by atoms with E-state index in [1.54, 1.807) is 24.3 Å². The van der Waals surface area contributed by atoms with E-state index in [1.807, 2.05) is 6.07 Å². The van der Waals surface area contributed by atoms with E-state index >= 15 is 0 Å². The highest BCUT2D eigenvalue weighted by Crippen LogP contribution is 2.19. The van der Waals surface area contributed by atoms with Gasteiger partial charge in [0.1, 0.15) is 0 Å². The highest BCUT2D eigenvalue weighted by Gasteiger charge is 2.23. The summed E-state index contributed by atoms with van der Waals surface area (Å²) < 4.78 is 35.2. The summed E-state index contributed by atoms with van der Waals surface area (Å²) in [5, 5.41) is 0.905. The molecule has 0 fully saturated rings. The maximum Gasteiger partial charge on any atom is 0.257 e. The Morgan fingerprint density at radius 3 is 2.28 bits per heavy atom. The summed E-state index contributed by atoms with van der Waals surface area (Å²) in [6.07, 6.45) is -0.639. The van der Waals surface area contributed by atoms with Crippen molar-refractivity contribution in [2.24, 2.45) is 0 Å². The van der Waals surface area contributed by atoms with Crippen molar-refractivity contribution in [1.29, 1.82) is 0 Å². The first-order valence-corrected chi connectivity index (χ1v) is 6.81. The van der Waals surface area contributed by atoms with E-state index in [4.69, 9.17) is 9.47 Å². The molecule has 1 aromatic carbocycles. The third-order valence-corrected chi connectivity index (χ3v) is 3.80. The normalized spacial score (nSPS) is 11.5. The van der Waals surface area contributed by atoms with Crippen LogP contribution in [-0.2, 0) is 19.5 Å². The molecule has 0 aromatic heterocycles. The van der Waals surface area contributed by atoms with E-state index in [1.165, 1.54) is 18.5 Å². The van der Waals surface area contributed by atoms with Gasteiger partial charge in [-0.15, -0.1) is 0 Å². The molecule has 6 heteroatoms. The molecule has 1 aromatic rings. The molecule has 0 N–H and O–H groups in total. The number of ether oxygens (including phenoxy) is 2. The molecule has 0 amide bonds. The largest absolute Gasteiger partial charge is 0.354 e. The predicted molar refractivity (Wildman–Crippen MR) is 70.7 cm³/mol. The zero-order chi connectivity index (χ0) is 13.6. The summed E-state index contributed by atoms with van der Waals surface area (Å²) in [4.78, 5) is 0. The molecule has 100 valence electrons. The Morgan fingerprint density at radius 1 is 1.28 bits per heavy atom. The molecule has 1 rings (SSSR count). The van der Waals surface area contributed by atoms with Gasteiger partial charge in [-0.05, 0) is 12.1 Å². The molecule has 0 aliphatic heterocycles. The lowest BCUT2D eigenvalue weighted by Crippen LogP contribution is -2.38. The Balaban J connectivity index is 3.08. The standard InChI is InChI=1S/C12H17NO4S/c1-4-18(14,15)13(10-12(16-2)17-3)11-8-6-5-7-9-11/h4-9,12H,1,10H2,2-3H3. The van der Waals surface area contributed by atoms with Gasteiger partial charge in [-0.3, -0.25) is 4.31 Å². The Kier molecular flexibility index (Phi) is 5.33. The second-order valence-corrected chi connectivity index (χ2v) is 5.28. The predicted octanol–water partition coefficient (Wildman–Crippen LogP) is 1.59. The number of hydrogen-bond donors (Lipinski definition) is 0. The van der Waals surface area contributed by atoms with Crippen molar-refractivity contribution in [2.45, 2.75) is 6.29 Å². The lowest BCUT2D eigenvalue weighted by molar-refractivity contribution is -0.0932. The number of para-hydroxylation sites is 1. The van der Waals surface area contributed by atoms with Crippen LogP contribution in [0.3, 0.4) is 0 Å². The molecule has 0 unspecified atom stereocenters. The molecule has 0 radical (unpaired) electrons. The number of benzene rings is 1. The van der Waals surface area contributed by atoms with Gasteiger partial charge in [0.2, 0.25) is 0 Å². The lowest BCUT2D eigenvalue weighted by atomic mass is 10.3. The Hall–Kier alpha value is -1.37. The van der Waals surface area contributed by atoms with E-state index in [0.29, 0.717) is 5.69 Å². The molecule has 0 saturated carbocycles. The Bertz CT molecular complexity index is 468. The smallest absolute Gasteiger partial charge is 0.257 e. The highest BCUT2D eigenvalue weighted by atomic mass is 32.2. The van der Waals surface area contributed by atoms with Crippen molar-refractivity contribution >= 4 is 15.7 Å². The van der Waals surface area contributed by atoms with Gasteiger partial charge in [0.15, 0.2) is 6.29 Å². The number of rotatable bonds is 7. The van der Waals surface area contributed by atoms with E-state index in [-0.39, 0.29) is 6.54 Å². The number of sulfonamides is 1. The van der Waals surface area contributed by atoms with Crippen molar-refractivity contribution in [3.8, 4) is 0 Å². The van der Waals surface area contributed by atoms with Crippen LogP contribution in [0.5, 0.6) is 0 Å². The van der Waals surface area contributed by atoms with Crippen LogP contribution in [0, 0.1) is 0 Å². The van der Waals surface area contributed by atoms with Gasteiger partial charge in [0, 0.05) is 19.6 Å². The molecule has 0 spiro atoms. The van der Waals surface area contributed by atoms with Gasteiger partial charge in [-0.1, -0.05) is 24.8 Å². The average Bonchev–Trinajstić information content (AvgIpc) is 2.41. The van der Waals surface area contributed by atoms with Crippen LogP contribution in [0.15, 0.2) is 42.3 Å². The fraction of sp³-hybridized carbons (Fsp3) is 0.333. The summed E-state index contributed by atoms with van der Waals surface area (Å²) in [5.41, 5.74) is 0.538. The number of nitrogens with zero attached hydrogens (tertiary/aromatic N) is 1. The van der Waals surface area contributed by atoms with Gasteiger partial charge < -0.3 is 9.47 Å². The molecule has 0 aliphatic carbocycles. The molecular formula is C12H17NO4S. The SMILES string of the molecule is C=CS(=O)(=O)N(CC(OC)OC)c1ccccc1. The topological polar surface area (TPSA) is 55.8 Å². The molecule has 0 bridgehead atoms. The second-order valence-electron chi connectivity index (χ2n) is 3.48. The van der Waals surface area contributed by atoms with Crippen LogP contribution in [0.1, 0.15) is 0 Å². The fourth-order valence-electron chi connectivity index (χ4n) is 1.42. The van der Waals surface area contributed by atoms with Crippen LogP contribution < -0.4 is 4.31 Å². The van der Waals surface area contributed by atoms with Crippen LogP contribution in [0.25, 0.3) is 0 Å². The second kappa shape index (κ2) is 6.53. The zero-order valence-corrected chi connectivity index (χ0v) is 11.3. The third-order valence-electron chi connectivity index (χ3n) is 2.40. The van der Waals surface area contributed by atoms with Crippen molar-refractivity contribution in [3.63, 3.8) is 0 Å². The summed E-state index contributed by atoms with van der Waals surface area (Å²) in [6, 6.07) is 8.73. The highest BCUT2D eigenvalue weighted by molar-refractivity contribution is 7.95. The summed E-state index contributed by atoms with van der Waals surface area (Å²) >= 11 is 0. The molecule has 18 heavy (non-hydrogen) atoms. The minimum atomic E-state index is -3.59. The quantitative estimate of drug-likeness (QED) is 0.707. The minimum absolute atomic E-state index is 0.0609. The number of methoxy groups -OCH3 is 2. The first kappa shape index (κ1) is 14.7. The molecule has 0 heterocycles. The molecular weight excluding hydrogens is 254 g/mol. The molecule has 0 aliphatic rings. The summed E-state index contributed by atoms with van der Waals surface area (Å²) in [7, 11) is -0.679. The van der Waals surface area contributed by atoms with Gasteiger partial charge in [0.25, 0.3) is 10.0 Å². The number of anilines is 1. The maximum atomic E-state index is 12.0. The van der Waals surface area contributed by atoms with E-state index in [2.05, 4.69) is 6.58 Å². The van der Waals surface area contributed by atoms with E-state index in [9.17, 15) is 8.42 Å². The average molecular weight is 271 g/mol. The molecule has 0 atom stereocenters. The lowest BCUT2D eigenvalue weighted by Gasteiger charge is -2.26. The van der Waals surface area contributed by atoms with Crippen LogP contribution in [-0.4, -0.2) is 35.5 Å². The summed E-state index contributed by atoms with van der Waals surface area (Å²) in [5.74, 6) is 0. The first-order chi connectivity index (χ1) is 8.55. The van der Waals surface area contributed by atoms with Crippen LogP contribution in [0.2, 0.25) is 0 Å². The number of hydrogen-bond acceptors (Lipinski definition) is 4. The maximum absolute atomic E-state index is 12.0. The van der Waals surface area contributed by atoms with E-state index in [0.717, 1.165) is 5.41 Å². The third kappa shape index (κ3) is 3.56. The van der Waals surface area contributed by atoms with Crippen molar-refractivity contribution < 1.29 is 17.9 Å². The Morgan fingerprint density at radius 2 is 1.83 bits per heavy atom. The zero-order valence-electron chi connectivity index (χ0n) is 10.4. The van der Waals surface area contributed by atoms with Crippen LogP contribution >= 0.6 is 0 Å². The van der Waals surface area contributed by atoms with Gasteiger partial charge in [0.05, 0.1) is 12.2 Å². The van der Waals surface area contributed by atoms with E-state index < -0.39 is 16.3 Å². The fourth-order valence-corrected chi connectivity index (χ4v) is 2.35. The minimum Gasteiger partial charge on any atom is -0.354 e. The van der Waals surface area contributed by atoms with Crippen molar-refractivity contribution in [3.05, 3.63) is 42.3 Å². The molecule has 5 nitrogen and oxygen atoms in total. The molecule has 0 saturated heterocycles. The monoisotopic (exact) mass is 271 g/mol. The van der Waals surface area contributed by atoms with Crippen molar-refractivity contribution in [2.75, 3.05) is 25.1 Å². The van der Waals surface area contributed by atoms with Crippen LogP contribution in [0.4, 0.5) is 5.69 Å². The Labute approximate surface area is 108 Å². The van der Waals surface area contributed by atoms with Gasteiger partial charge in [-0.25, -0.2) is 8.42 Å². The van der Waals surface area contributed by atoms with Gasteiger partial charge in [-0.2, -0.15) is 0 Å². The van der Waals surface area contributed by atoms with Gasteiger partial charge >= 0.3 is 0 Å².